The van der Waals surface area contributed by atoms with E-state index in [9.17, 15) is 0 Å². The first-order chi connectivity index (χ1) is 11.7. The fourth-order valence-electron chi connectivity index (χ4n) is 4.93. The van der Waals surface area contributed by atoms with Gasteiger partial charge in [-0.1, -0.05) is 36.4 Å². The van der Waals surface area contributed by atoms with Crippen molar-refractivity contribution < 1.29 is 0 Å². The first-order valence-electron chi connectivity index (χ1n) is 8.87. The van der Waals surface area contributed by atoms with Crippen LogP contribution in [-0.4, -0.2) is 66.8 Å². The third-order valence-electron chi connectivity index (χ3n) is 5.84. The summed E-state index contributed by atoms with van der Waals surface area (Å²) < 4.78 is 0. The van der Waals surface area contributed by atoms with E-state index in [1.165, 1.54) is 31.7 Å². The molecule has 4 nitrogen and oxygen atoms in total. The van der Waals surface area contributed by atoms with E-state index < -0.39 is 0 Å². The molecule has 0 radical (unpaired) electrons. The van der Waals surface area contributed by atoms with Gasteiger partial charge < -0.3 is 20.4 Å². The highest BCUT2D eigenvalue weighted by Crippen LogP contribution is 2.43. The Balaban J connectivity index is 1.68. The first kappa shape index (κ1) is 16.1. The highest BCUT2D eigenvalue weighted by Gasteiger charge is 2.55. The molecule has 3 atom stereocenters. The van der Waals surface area contributed by atoms with Crippen molar-refractivity contribution >= 4 is 17.3 Å². The number of piperidine rings is 2. The van der Waals surface area contributed by atoms with Crippen LogP contribution in [0.4, 0.5) is 0 Å². The molecule has 24 heavy (non-hydrogen) atoms. The Hall–Kier alpha value is -1.43. The van der Waals surface area contributed by atoms with Gasteiger partial charge in [0, 0.05) is 63.2 Å². The summed E-state index contributed by atoms with van der Waals surface area (Å²) in [6.45, 7) is 11.4. The van der Waals surface area contributed by atoms with Gasteiger partial charge in [-0.15, -0.1) is 6.58 Å². The number of fused-ring (bicyclic) bond motifs is 1. The zero-order valence-electron chi connectivity index (χ0n) is 14.1. The molecule has 128 valence electrons. The van der Waals surface area contributed by atoms with Crippen molar-refractivity contribution in [3.8, 4) is 0 Å². The molecule has 4 saturated heterocycles. The van der Waals surface area contributed by atoms with E-state index in [0.29, 0.717) is 18.5 Å². The standard InChI is InChI=1S/C19H26N4S/c1-2-8-20-18(24)21-17-15-11-22-9-10-23(12-15)14-19(17,13-22)16-6-4-3-5-7-16/h2-7,15,17H,1,8-14H2,(H2,20,21,24). The molecule has 4 aliphatic rings. The predicted octanol–water partition coefficient (Wildman–Crippen LogP) is 1.20. The van der Waals surface area contributed by atoms with E-state index >= 15 is 0 Å². The summed E-state index contributed by atoms with van der Waals surface area (Å²) in [6, 6.07) is 11.4. The Morgan fingerprint density at radius 3 is 2.50 bits per heavy atom. The van der Waals surface area contributed by atoms with Crippen LogP contribution in [0.2, 0.25) is 0 Å². The van der Waals surface area contributed by atoms with Crippen molar-refractivity contribution in [2.24, 2.45) is 5.92 Å². The summed E-state index contributed by atoms with van der Waals surface area (Å²) in [5, 5.41) is 7.69. The molecule has 0 amide bonds. The highest BCUT2D eigenvalue weighted by atomic mass is 32.1. The SMILES string of the molecule is C=CCNC(=S)NC1C2CN3CCN(C2)CC1(c1ccccc1)C3. The maximum atomic E-state index is 5.56. The van der Waals surface area contributed by atoms with Crippen molar-refractivity contribution in [2.45, 2.75) is 11.5 Å². The largest absolute Gasteiger partial charge is 0.359 e. The third-order valence-corrected chi connectivity index (χ3v) is 6.10. The average Bonchev–Trinajstić information content (AvgIpc) is 2.85. The Morgan fingerprint density at radius 1 is 1.21 bits per heavy atom. The lowest BCUT2D eigenvalue weighted by atomic mass is 9.64. The van der Waals surface area contributed by atoms with E-state index in [0.717, 1.165) is 18.2 Å². The normalized spacial score (nSPS) is 36.8. The van der Waals surface area contributed by atoms with Gasteiger partial charge in [0.1, 0.15) is 0 Å². The number of nitrogens with zero attached hydrogens (tertiary/aromatic N) is 2. The van der Waals surface area contributed by atoms with Gasteiger partial charge in [-0.3, -0.25) is 0 Å². The minimum atomic E-state index is 0.110. The Kier molecular flexibility index (Phi) is 4.33. The Bertz CT molecular complexity index is 601. The van der Waals surface area contributed by atoms with Crippen molar-refractivity contribution in [2.75, 3.05) is 45.8 Å². The van der Waals surface area contributed by atoms with Crippen molar-refractivity contribution in [3.05, 3.63) is 48.6 Å². The van der Waals surface area contributed by atoms with Gasteiger partial charge in [-0.25, -0.2) is 0 Å². The zero-order valence-corrected chi connectivity index (χ0v) is 14.9. The summed E-state index contributed by atoms with van der Waals surface area (Å²) in [5.74, 6) is 0.610. The van der Waals surface area contributed by atoms with Gasteiger partial charge in [0.25, 0.3) is 0 Å². The molecule has 0 aromatic heterocycles. The smallest absolute Gasteiger partial charge is 0.166 e. The average molecular weight is 343 g/mol. The second kappa shape index (κ2) is 6.47. The van der Waals surface area contributed by atoms with E-state index in [1.807, 2.05) is 6.08 Å². The molecule has 4 fully saturated rings. The van der Waals surface area contributed by atoms with Crippen molar-refractivity contribution in [3.63, 3.8) is 0 Å². The summed E-state index contributed by atoms with van der Waals surface area (Å²) in [6.07, 6.45) is 1.85. The van der Waals surface area contributed by atoms with Crippen LogP contribution in [0.3, 0.4) is 0 Å². The first-order valence-corrected chi connectivity index (χ1v) is 9.27. The van der Waals surface area contributed by atoms with Gasteiger partial charge in [0.2, 0.25) is 0 Å². The molecule has 5 rings (SSSR count). The van der Waals surface area contributed by atoms with Gasteiger partial charge in [-0.05, 0) is 17.8 Å². The fourth-order valence-corrected chi connectivity index (χ4v) is 5.14. The minimum Gasteiger partial charge on any atom is -0.359 e. The molecule has 4 bridgehead atoms. The number of benzene rings is 1. The minimum absolute atomic E-state index is 0.110. The van der Waals surface area contributed by atoms with Crippen LogP contribution in [0.1, 0.15) is 5.56 Å². The molecule has 0 aliphatic carbocycles. The molecule has 2 N–H and O–H groups in total. The summed E-state index contributed by atoms with van der Waals surface area (Å²) in [5.41, 5.74) is 1.55. The molecule has 1 aromatic carbocycles. The van der Waals surface area contributed by atoms with Crippen LogP contribution < -0.4 is 10.6 Å². The van der Waals surface area contributed by atoms with Gasteiger partial charge in [0.15, 0.2) is 5.11 Å². The number of hydrogen-bond donors (Lipinski definition) is 2. The Labute approximate surface area is 149 Å². The maximum Gasteiger partial charge on any atom is 0.166 e. The summed E-state index contributed by atoms with van der Waals surface area (Å²) >= 11 is 5.56. The molecule has 0 saturated carbocycles. The van der Waals surface area contributed by atoms with Gasteiger partial charge >= 0.3 is 0 Å². The molecule has 4 aliphatic heterocycles. The molecular weight excluding hydrogens is 316 g/mol. The topological polar surface area (TPSA) is 30.5 Å². The lowest BCUT2D eigenvalue weighted by molar-refractivity contribution is 0.0265. The Morgan fingerprint density at radius 2 is 1.88 bits per heavy atom. The summed E-state index contributed by atoms with van der Waals surface area (Å²) in [7, 11) is 0. The summed E-state index contributed by atoms with van der Waals surface area (Å²) in [4.78, 5) is 5.31. The third kappa shape index (κ3) is 2.75. The molecule has 4 heterocycles. The molecular formula is C19H26N4S. The molecule has 1 aromatic rings. The van der Waals surface area contributed by atoms with E-state index in [2.05, 4.69) is 57.3 Å². The monoisotopic (exact) mass is 342 g/mol. The quantitative estimate of drug-likeness (QED) is 0.634. The van der Waals surface area contributed by atoms with Gasteiger partial charge in [0.05, 0.1) is 0 Å². The van der Waals surface area contributed by atoms with Crippen LogP contribution in [0, 0.1) is 5.92 Å². The number of thiocarbonyl (C=S) groups is 1. The van der Waals surface area contributed by atoms with Crippen LogP contribution in [0.5, 0.6) is 0 Å². The van der Waals surface area contributed by atoms with Crippen LogP contribution in [0.15, 0.2) is 43.0 Å². The highest BCUT2D eigenvalue weighted by molar-refractivity contribution is 7.80. The number of rotatable bonds is 4. The van der Waals surface area contributed by atoms with Crippen LogP contribution in [0.25, 0.3) is 0 Å². The maximum absolute atomic E-state index is 5.56. The van der Waals surface area contributed by atoms with Crippen LogP contribution >= 0.6 is 12.2 Å². The van der Waals surface area contributed by atoms with Gasteiger partial charge in [-0.2, -0.15) is 0 Å². The van der Waals surface area contributed by atoms with Crippen LogP contribution in [-0.2, 0) is 5.41 Å². The molecule has 0 spiro atoms. The lowest BCUT2D eigenvalue weighted by Crippen LogP contribution is -2.71. The number of nitrogens with one attached hydrogen (secondary N) is 2. The zero-order chi connectivity index (χ0) is 16.6. The molecule has 5 heteroatoms. The predicted molar refractivity (Wildman–Crippen MR) is 102 cm³/mol. The van der Waals surface area contributed by atoms with E-state index in [1.54, 1.807) is 0 Å². The van der Waals surface area contributed by atoms with E-state index in [4.69, 9.17) is 12.2 Å². The second-order valence-corrected chi connectivity index (χ2v) is 7.78. The number of hydrogen-bond acceptors (Lipinski definition) is 3. The lowest BCUT2D eigenvalue weighted by Gasteiger charge is -2.56. The van der Waals surface area contributed by atoms with Crippen molar-refractivity contribution in [1.82, 2.24) is 20.4 Å². The van der Waals surface area contributed by atoms with Crippen molar-refractivity contribution in [1.29, 1.82) is 0 Å². The second-order valence-electron chi connectivity index (χ2n) is 7.37. The fraction of sp³-hybridized carbons (Fsp3) is 0.526. The molecule has 3 unspecified atom stereocenters. The van der Waals surface area contributed by atoms with E-state index in [-0.39, 0.29) is 5.41 Å².